The highest BCUT2D eigenvalue weighted by molar-refractivity contribution is 7.10. The van der Waals surface area contributed by atoms with Crippen LogP contribution in [0, 0.1) is 11.8 Å². The lowest BCUT2D eigenvalue weighted by Crippen LogP contribution is -2.22. The molecule has 1 aromatic carbocycles. The van der Waals surface area contributed by atoms with Gasteiger partial charge in [-0.1, -0.05) is 30.0 Å². The number of hydrogen-bond donors (Lipinski definition) is 2. The van der Waals surface area contributed by atoms with Crippen LogP contribution in [0.1, 0.15) is 20.8 Å². The van der Waals surface area contributed by atoms with Crippen molar-refractivity contribution < 1.29 is 14.6 Å². The molecular formula is C16H15NO3S. The molecule has 0 saturated heterocycles. The Labute approximate surface area is 127 Å². The van der Waals surface area contributed by atoms with Crippen molar-refractivity contribution in [1.82, 2.24) is 5.32 Å². The fourth-order valence-corrected chi connectivity index (χ4v) is 2.53. The molecule has 2 aromatic rings. The molecule has 0 aliphatic heterocycles. The van der Waals surface area contributed by atoms with Gasteiger partial charge in [-0.05, 0) is 12.1 Å². The second-order valence-corrected chi connectivity index (χ2v) is 5.07. The summed E-state index contributed by atoms with van der Waals surface area (Å²) in [5.41, 5.74) is 1.49. The van der Waals surface area contributed by atoms with Crippen molar-refractivity contribution in [2.75, 3.05) is 13.7 Å². The van der Waals surface area contributed by atoms with E-state index < -0.39 is 0 Å². The maximum absolute atomic E-state index is 12.1. The molecule has 0 saturated carbocycles. The van der Waals surface area contributed by atoms with Crippen molar-refractivity contribution in [3.63, 3.8) is 0 Å². The number of thiophene rings is 1. The minimum absolute atomic E-state index is 0.158. The van der Waals surface area contributed by atoms with Crippen molar-refractivity contribution in [1.29, 1.82) is 0 Å². The third-order valence-corrected chi connectivity index (χ3v) is 3.63. The zero-order chi connectivity index (χ0) is 15.1. The average molecular weight is 301 g/mol. The van der Waals surface area contributed by atoms with Crippen LogP contribution >= 0.6 is 11.3 Å². The fraction of sp³-hybridized carbons (Fsp3) is 0.188. The molecule has 21 heavy (non-hydrogen) atoms. The van der Waals surface area contributed by atoms with Gasteiger partial charge >= 0.3 is 0 Å². The van der Waals surface area contributed by atoms with Crippen LogP contribution in [0.15, 0.2) is 35.7 Å². The molecule has 0 atom stereocenters. The average Bonchev–Trinajstić information content (AvgIpc) is 2.99. The van der Waals surface area contributed by atoms with E-state index in [1.807, 2.05) is 24.3 Å². The Hall–Kier alpha value is -2.29. The predicted octanol–water partition coefficient (Wildman–Crippen LogP) is 2.03. The van der Waals surface area contributed by atoms with E-state index >= 15 is 0 Å². The van der Waals surface area contributed by atoms with Crippen LogP contribution in [0.25, 0.3) is 0 Å². The summed E-state index contributed by atoms with van der Waals surface area (Å²) < 4.78 is 5.24. The quantitative estimate of drug-likeness (QED) is 0.850. The first-order valence-electron chi connectivity index (χ1n) is 6.33. The van der Waals surface area contributed by atoms with Gasteiger partial charge in [0.25, 0.3) is 5.91 Å². The van der Waals surface area contributed by atoms with E-state index in [1.165, 1.54) is 11.3 Å². The lowest BCUT2D eigenvalue weighted by Gasteiger charge is -2.08. The number of rotatable bonds is 4. The molecule has 0 fully saturated rings. The first-order chi connectivity index (χ1) is 10.2. The standard InChI is InChI=1S/C16H15NO3S/c1-20-15-7-3-2-5-12(15)10-17-16(19)13-9-14(21-11-13)6-4-8-18/h2-3,5,7,9,11,18H,8,10H2,1H3,(H,17,19). The Morgan fingerprint density at radius 1 is 1.43 bits per heavy atom. The minimum atomic E-state index is -0.187. The SMILES string of the molecule is COc1ccccc1CNC(=O)c1csc(C#CCO)c1. The molecule has 1 heterocycles. The fourth-order valence-electron chi connectivity index (χ4n) is 1.77. The van der Waals surface area contributed by atoms with Gasteiger partial charge < -0.3 is 15.2 Å². The molecule has 1 amide bonds. The van der Waals surface area contributed by atoms with Crippen molar-refractivity contribution in [2.45, 2.75) is 6.54 Å². The number of carbonyl (C=O) groups is 1. The van der Waals surface area contributed by atoms with Gasteiger partial charge in [-0.3, -0.25) is 4.79 Å². The Morgan fingerprint density at radius 3 is 3.00 bits per heavy atom. The molecule has 0 aliphatic carbocycles. The number of aliphatic hydroxyl groups is 1. The van der Waals surface area contributed by atoms with Crippen molar-refractivity contribution in [3.8, 4) is 17.6 Å². The normalized spacial score (nSPS) is 9.62. The Bertz CT molecular complexity index is 682. The van der Waals surface area contributed by atoms with Gasteiger partial charge in [0.2, 0.25) is 0 Å². The van der Waals surface area contributed by atoms with Crippen LogP contribution in [0.5, 0.6) is 5.75 Å². The van der Waals surface area contributed by atoms with Crippen LogP contribution < -0.4 is 10.1 Å². The lowest BCUT2D eigenvalue weighted by molar-refractivity contribution is 0.0951. The monoisotopic (exact) mass is 301 g/mol. The second kappa shape index (κ2) is 7.48. The van der Waals surface area contributed by atoms with E-state index in [-0.39, 0.29) is 12.5 Å². The number of amides is 1. The highest BCUT2D eigenvalue weighted by Gasteiger charge is 2.09. The van der Waals surface area contributed by atoms with Crippen molar-refractivity contribution in [2.24, 2.45) is 0 Å². The molecular weight excluding hydrogens is 286 g/mol. The van der Waals surface area contributed by atoms with E-state index in [9.17, 15) is 4.79 Å². The van der Waals surface area contributed by atoms with Gasteiger partial charge in [0.15, 0.2) is 0 Å². The third-order valence-electron chi connectivity index (χ3n) is 2.78. The third kappa shape index (κ3) is 4.09. The molecule has 1 aromatic heterocycles. The molecule has 5 heteroatoms. The molecule has 4 nitrogen and oxygen atoms in total. The second-order valence-electron chi connectivity index (χ2n) is 4.15. The highest BCUT2D eigenvalue weighted by atomic mass is 32.1. The van der Waals surface area contributed by atoms with Gasteiger partial charge in [0, 0.05) is 17.5 Å². The number of benzene rings is 1. The van der Waals surface area contributed by atoms with E-state index in [0.29, 0.717) is 12.1 Å². The van der Waals surface area contributed by atoms with E-state index in [1.54, 1.807) is 18.6 Å². The topological polar surface area (TPSA) is 58.6 Å². The number of aliphatic hydroxyl groups excluding tert-OH is 1. The summed E-state index contributed by atoms with van der Waals surface area (Å²) in [6.07, 6.45) is 0. The molecule has 0 radical (unpaired) electrons. The molecule has 0 aliphatic rings. The van der Waals surface area contributed by atoms with Crippen molar-refractivity contribution in [3.05, 3.63) is 51.7 Å². The smallest absolute Gasteiger partial charge is 0.252 e. The summed E-state index contributed by atoms with van der Waals surface area (Å²) in [5.74, 6) is 5.93. The maximum Gasteiger partial charge on any atom is 0.252 e. The Balaban J connectivity index is 2.00. The van der Waals surface area contributed by atoms with Crippen LogP contribution in [0.4, 0.5) is 0 Å². The first-order valence-corrected chi connectivity index (χ1v) is 7.21. The van der Waals surface area contributed by atoms with E-state index in [4.69, 9.17) is 9.84 Å². The number of hydrogen-bond acceptors (Lipinski definition) is 4. The molecule has 0 bridgehead atoms. The first kappa shape index (κ1) is 15.1. The minimum Gasteiger partial charge on any atom is -0.496 e. The number of nitrogens with one attached hydrogen (secondary N) is 1. The lowest BCUT2D eigenvalue weighted by atomic mass is 10.2. The molecule has 108 valence electrons. The van der Waals surface area contributed by atoms with Crippen LogP contribution in [-0.2, 0) is 6.54 Å². The van der Waals surface area contributed by atoms with Crippen molar-refractivity contribution >= 4 is 17.2 Å². The van der Waals surface area contributed by atoms with Gasteiger partial charge in [-0.15, -0.1) is 11.3 Å². The summed E-state index contributed by atoms with van der Waals surface area (Å²) in [7, 11) is 1.60. The summed E-state index contributed by atoms with van der Waals surface area (Å²) in [5, 5.41) is 13.2. The van der Waals surface area contributed by atoms with E-state index in [0.717, 1.165) is 16.2 Å². The summed E-state index contributed by atoms with van der Waals surface area (Å²) in [6.45, 7) is 0.212. The summed E-state index contributed by atoms with van der Waals surface area (Å²) >= 11 is 1.38. The predicted molar refractivity (Wildman–Crippen MR) is 82.4 cm³/mol. The zero-order valence-electron chi connectivity index (χ0n) is 11.6. The van der Waals surface area contributed by atoms with Crippen LogP contribution in [-0.4, -0.2) is 24.7 Å². The largest absolute Gasteiger partial charge is 0.496 e. The highest BCUT2D eigenvalue weighted by Crippen LogP contribution is 2.17. The summed E-state index contributed by atoms with van der Waals surface area (Å²) in [4.78, 5) is 12.8. The number of para-hydroxylation sites is 1. The van der Waals surface area contributed by atoms with Gasteiger partial charge in [0.1, 0.15) is 12.4 Å². The van der Waals surface area contributed by atoms with Crippen LogP contribution in [0.2, 0.25) is 0 Å². The number of methoxy groups -OCH3 is 1. The van der Waals surface area contributed by atoms with Gasteiger partial charge in [-0.2, -0.15) is 0 Å². The Morgan fingerprint density at radius 2 is 2.24 bits per heavy atom. The number of carbonyl (C=O) groups excluding carboxylic acids is 1. The van der Waals surface area contributed by atoms with Crippen LogP contribution in [0.3, 0.4) is 0 Å². The maximum atomic E-state index is 12.1. The molecule has 2 rings (SSSR count). The van der Waals surface area contributed by atoms with Gasteiger partial charge in [-0.25, -0.2) is 0 Å². The molecule has 2 N–H and O–H groups in total. The zero-order valence-corrected chi connectivity index (χ0v) is 12.4. The Kier molecular flexibility index (Phi) is 5.38. The molecule has 0 spiro atoms. The number of ether oxygens (including phenoxy) is 1. The summed E-state index contributed by atoms with van der Waals surface area (Å²) in [6, 6.07) is 9.26. The molecule has 0 unspecified atom stereocenters. The van der Waals surface area contributed by atoms with Gasteiger partial charge in [0.05, 0.1) is 17.6 Å². The van der Waals surface area contributed by atoms with E-state index in [2.05, 4.69) is 17.2 Å².